The molecule has 2 saturated carbocycles. The molecule has 1 N–H and O–H groups in total. The number of benzene rings is 1. The van der Waals surface area contributed by atoms with Crippen molar-refractivity contribution in [1.82, 2.24) is 14.9 Å². The van der Waals surface area contributed by atoms with Crippen molar-refractivity contribution in [2.45, 2.75) is 49.3 Å². The largest absolute Gasteiger partial charge is 0.337 e. The Labute approximate surface area is 157 Å². The molecule has 0 spiro atoms. The summed E-state index contributed by atoms with van der Waals surface area (Å²) in [5.74, 6) is 0.472. The number of nitrogens with zero attached hydrogens (tertiary/aromatic N) is 3. The smallest absolute Gasteiger partial charge is 0.231 e. The number of carbonyl (C=O) groups is 1. The summed E-state index contributed by atoms with van der Waals surface area (Å²) in [6.07, 6.45) is 6.25. The Morgan fingerprint density at radius 2 is 2.08 bits per heavy atom. The van der Waals surface area contributed by atoms with Crippen molar-refractivity contribution >= 4 is 17.7 Å². The van der Waals surface area contributed by atoms with Crippen molar-refractivity contribution in [3.8, 4) is 17.3 Å². The molecule has 1 amide bonds. The van der Waals surface area contributed by atoms with E-state index in [1.54, 1.807) is 0 Å². The first-order chi connectivity index (χ1) is 12.6. The van der Waals surface area contributed by atoms with Crippen LogP contribution in [0, 0.1) is 17.2 Å². The van der Waals surface area contributed by atoms with Crippen molar-refractivity contribution in [2.75, 3.05) is 5.75 Å². The van der Waals surface area contributed by atoms with Gasteiger partial charge in [0.25, 0.3) is 0 Å². The summed E-state index contributed by atoms with van der Waals surface area (Å²) in [6.45, 7) is 1.83. The number of nitriles is 1. The number of imidazole rings is 1. The van der Waals surface area contributed by atoms with Gasteiger partial charge in [-0.05, 0) is 44.1 Å². The van der Waals surface area contributed by atoms with Gasteiger partial charge < -0.3 is 9.88 Å². The molecule has 26 heavy (non-hydrogen) atoms. The lowest BCUT2D eigenvalue weighted by Crippen LogP contribution is -2.47. The molecule has 2 aliphatic rings. The van der Waals surface area contributed by atoms with Crippen molar-refractivity contribution in [1.29, 1.82) is 5.26 Å². The standard InChI is InChI=1S/C20H22N4OS/c1-20(13-21,15-7-8-15)23-18(25)12-26-19-22-11-17(24(19)16-9-10-16)14-5-3-2-4-6-14/h2-6,11,15-16H,7-10,12H2,1H3,(H,23,25). The van der Waals surface area contributed by atoms with Crippen molar-refractivity contribution in [2.24, 2.45) is 5.92 Å². The molecule has 1 aromatic heterocycles. The SMILES string of the molecule is CC(C#N)(NC(=O)CSc1ncc(-c2ccccc2)n1C1CC1)C1CC1. The first-order valence-electron chi connectivity index (χ1n) is 9.08. The molecular formula is C20H22N4OS. The van der Waals surface area contributed by atoms with E-state index in [0.29, 0.717) is 12.0 Å². The third kappa shape index (κ3) is 3.49. The molecule has 1 atom stereocenters. The van der Waals surface area contributed by atoms with Gasteiger partial charge >= 0.3 is 0 Å². The van der Waals surface area contributed by atoms with Crippen molar-refractivity contribution in [3.63, 3.8) is 0 Å². The van der Waals surface area contributed by atoms with Gasteiger partial charge in [0.2, 0.25) is 5.91 Å². The van der Waals surface area contributed by atoms with Crippen molar-refractivity contribution in [3.05, 3.63) is 36.5 Å². The van der Waals surface area contributed by atoms with Crippen LogP contribution in [0.4, 0.5) is 0 Å². The summed E-state index contributed by atoms with van der Waals surface area (Å²) in [4.78, 5) is 16.9. The lowest BCUT2D eigenvalue weighted by atomic mass is 9.98. The van der Waals surface area contributed by atoms with E-state index in [9.17, 15) is 10.1 Å². The molecule has 1 aromatic carbocycles. The van der Waals surface area contributed by atoms with E-state index in [4.69, 9.17) is 0 Å². The number of hydrogen-bond acceptors (Lipinski definition) is 4. The fraction of sp³-hybridized carbons (Fsp3) is 0.450. The molecular weight excluding hydrogens is 344 g/mol. The van der Waals surface area contributed by atoms with Gasteiger partial charge in [-0.3, -0.25) is 4.79 Å². The van der Waals surface area contributed by atoms with Gasteiger partial charge in [0, 0.05) is 6.04 Å². The van der Waals surface area contributed by atoms with Crippen LogP contribution in [0.1, 0.15) is 38.6 Å². The fourth-order valence-electron chi connectivity index (χ4n) is 3.30. The predicted molar refractivity (Wildman–Crippen MR) is 102 cm³/mol. The van der Waals surface area contributed by atoms with Crippen LogP contribution in [0.5, 0.6) is 0 Å². The Morgan fingerprint density at radius 1 is 1.35 bits per heavy atom. The number of hydrogen-bond donors (Lipinski definition) is 1. The summed E-state index contributed by atoms with van der Waals surface area (Å²) >= 11 is 1.45. The monoisotopic (exact) mass is 366 g/mol. The summed E-state index contributed by atoms with van der Waals surface area (Å²) < 4.78 is 2.26. The molecule has 1 unspecified atom stereocenters. The lowest BCUT2D eigenvalue weighted by Gasteiger charge is -2.22. The van der Waals surface area contributed by atoms with Crippen LogP contribution in [-0.2, 0) is 4.79 Å². The van der Waals surface area contributed by atoms with Crippen LogP contribution in [0.3, 0.4) is 0 Å². The summed E-state index contributed by atoms with van der Waals surface area (Å²) in [5.41, 5.74) is 1.52. The highest BCUT2D eigenvalue weighted by atomic mass is 32.2. The maximum Gasteiger partial charge on any atom is 0.231 e. The Morgan fingerprint density at radius 3 is 2.69 bits per heavy atom. The molecule has 1 heterocycles. The first kappa shape index (κ1) is 17.2. The highest BCUT2D eigenvalue weighted by Crippen LogP contribution is 2.42. The van der Waals surface area contributed by atoms with Crippen LogP contribution in [0.2, 0.25) is 0 Å². The zero-order valence-electron chi connectivity index (χ0n) is 14.8. The average molecular weight is 366 g/mol. The van der Waals surface area contributed by atoms with E-state index in [1.165, 1.54) is 11.8 Å². The maximum atomic E-state index is 12.4. The van der Waals surface area contributed by atoms with E-state index in [1.807, 2.05) is 31.3 Å². The maximum absolute atomic E-state index is 12.4. The number of carbonyl (C=O) groups excluding carboxylic acids is 1. The van der Waals surface area contributed by atoms with E-state index >= 15 is 0 Å². The summed E-state index contributed by atoms with van der Waals surface area (Å²) in [5, 5.41) is 13.2. The molecule has 6 heteroatoms. The third-order valence-corrected chi connectivity index (χ3v) is 6.07. The predicted octanol–water partition coefficient (Wildman–Crippen LogP) is 3.79. The topological polar surface area (TPSA) is 70.7 Å². The molecule has 0 saturated heterocycles. The van der Waals surface area contributed by atoms with E-state index in [2.05, 4.69) is 33.1 Å². The van der Waals surface area contributed by atoms with Gasteiger partial charge in [-0.2, -0.15) is 5.26 Å². The Hall–Kier alpha value is -2.26. The zero-order valence-corrected chi connectivity index (χ0v) is 15.6. The zero-order chi connectivity index (χ0) is 18.1. The van der Waals surface area contributed by atoms with Crippen LogP contribution < -0.4 is 5.32 Å². The van der Waals surface area contributed by atoms with Crippen LogP contribution in [-0.4, -0.2) is 26.8 Å². The van der Waals surface area contributed by atoms with Gasteiger partial charge in [-0.15, -0.1) is 0 Å². The van der Waals surface area contributed by atoms with Gasteiger partial charge in [0.05, 0.1) is 23.7 Å². The van der Waals surface area contributed by atoms with E-state index < -0.39 is 5.54 Å². The fourth-order valence-corrected chi connectivity index (χ4v) is 4.14. The van der Waals surface area contributed by atoms with E-state index in [-0.39, 0.29) is 11.7 Å². The second-order valence-corrected chi connectivity index (χ2v) is 8.26. The molecule has 0 radical (unpaired) electrons. The number of rotatable bonds is 7. The van der Waals surface area contributed by atoms with Crippen molar-refractivity contribution < 1.29 is 4.79 Å². The minimum Gasteiger partial charge on any atom is -0.337 e. The summed E-state index contributed by atoms with van der Waals surface area (Å²) in [6, 6.07) is 13.0. The first-order valence-corrected chi connectivity index (χ1v) is 10.1. The average Bonchev–Trinajstić information content (AvgIpc) is 3.58. The second-order valence-electron chi connectivity index (χ2n) is 7.32. The minimum absolute atomic E-state index is 0.0995. The molecule has 0 bridgehead atoms. The third-order valence-electron chi connectivity index (χ3n) is 5.10. The molecule has 5 nitrogen and oxygen atoms in total. The highest BCUT2D eigenvalue weighted by Gasteiger charge is 2.43. The van der Waals surface area contributed by atoms with Gasteiger partial charge in [0.1, 0.15) is 5.54 Å². The number of amides is 1. The minimum atomic E-state index is -0.737. The Kier molecular flexibility index (Phi) is 4.49. The number of nitrogens with one attached hydrogen (secondary N) is 1. The summed E-state index contributed by atoms with van der Waals surface area (Å²) in [7, 11) is 0. The second kappa shape index (κ2) is 6.81. The van der Waals surface area contributed by atoms with Gasteiger partial charge in [-0.25, -0.2) is 4.98 Å². The molecule has 2 aliphatic carbocycles. The molecule has 134 valence electrons. The van der Waals surface area contributed by atoms with E-state index in [0.717, 1.165) is 42.1 Å². The number of thioether (sulfide) groups is 1. The molecule has 4 rings (SSSR count). The van der Waals surface area contributed by atoms with Crippen LogP contribution in [0.25, 0.3) is 11.3 Å². The molecule has 2 fully saturated rings. The normalized spacial score (nSPS) is 18.8. The van der Waals surface area contributed by atoms with Gasteiger partial charge in [-0.1, -0.05) is 42.1 Å². The van der Waals surface area contributed by atoms with Crippen LogP contribution >= 0.6 is 11.8 Å². The quantitative estimate of drug-likeness (QED) is 0.757. The number of aromatic nitrogens is 2. The van der Waals surface area contributed by atoms with Gasteiger partial charge in [0.15, 0.2) is 5.16 Å². The molecule has 0 aliphatic heterocycles. The lowest BCUT2D eigenvalue weighted by molar-refractivity contribution is -0.119. The molecule has 2 aromatic rings. The van der Waals surface area contributed by atoms with Crippen LogP contribution in [0.15, 0.2) is 41.7 Å². The highest BCUT2D eigenvalue weighted by molar-refractivity contribution is 7.99. The Balaban J connectivity index is 1.46. The Bertz CT molecular complexity index is 848.